The number of carbonyl (C=O) groups excluding carboxylic acids is 1. The zero-order valence-corrected chi connectivity index (χ0v) is 21.4. The molecule has 5 rings (SSSR count). The van der Waals surface area contributed by atoms with Gasteiger partial charge in [0.05, 0.1) is 22.2 Å². The van der Waals surface area contributed by atoms with Crippen molar-refractivity contribution < 1.29 is 18.7 Å². The van der Waals surface area contributed by atoms with Crippen molar-refractivity contribution >= 4 is 51.2 Å². The van der Waals surface area contributed by atoms with Crippen molar-refractivity contribution in [3.63, 3.8) is 0 Å². The van der Waals surface area contributed by atoms with Gasteiger partial charge in [0.2, 0.25) is 0 Å². The molecule has 0 spiro atoms. The highest BCUT2D eigenvalue weighted by Gasteiger charge is 2.16. The minimum atomic E-state index is -0.552. The summed E-state index contributed by atoms with van der Waals surface area (Å²) in [6, 6.07) is 14.8. The fourth-order valence-electron chi connectivity index (χ4n) is 3.87. The van der Waals surface area contributed by atoms with Crippen LogP contribution >= 0.6 is 11.6 Å². The molecule has 190 valence electrons. The van der Waals surface area contributed by atoms with Crippen molar-refractivity contribution in [1.29, 1.82) is 0 Å². The predicted molar refractivity (Wildman–Crippen MR) is 143 cm³/mol. The van der Waals surface area contributed by atoms with Gasteiger partial charge in [0, 0.05) is 25.0 Å². The van der Waals surface area contributed by atoms with E-state index < -0.39 is 11.7 Å². The molecule has 10 heteroatoms. The molecule has 5 aromatic rings. The second kappa shape index (κ2) is 10.0. The lowest BCUT2D eigenvalue weighted by atomic mass is 10.2. The Balaban J connectivity index is 1.31. The molecule has 2 aromatic carbocycles. The Bertz CT molecular complexity index is 1570. The summed E-state index contributed by atoms with van der Waals surface area (Å²) in [6.07, 6.45) is 4.57. The van der Waals surface area contributed by atoms with Gasteiger partial charge < -0.3 is 29.1 Å². The second-order valence-corrected chi connectivity index (χ2v) is 9.76. The molecule has 0 saturated heterocycles. The van der Waals surface area contributed by atoms with E-state index in [1.165, 1.54) is 6.33 Å². The summed E-state index contributed by atoms with van der Waals surface area (Å²) in [4.78, 5) is 20.8. The number of hydrogen-bond donors (Lipinski definition) is 2. The van der Waals surface area contributed by atoms with Crippen molar-refractivity contribution in [3.8, 4) is 11.5 Å². The fourth-order valence-corrected chi connectivity index (χ4v) is 4.09. The molecule has 0 bridgehead atoms. The lowest BCUT2D eigenvalue weighted by molar-refractivity contribution is 0.0526. The van der Waals surface area contributed by atoms with Gasteiger partial charge in [-0.2, -0.15) is 0 Å². The highest BCUT2D eigenvalue weighted by Crippen LogP contribution is 2.36. The van der Waals surface area contributed by atoms with Crippen LogP contribution in [-0.4, -0.2) is 32.8 Å². The van der Waals surface area contributed by atoms with Crippen LogP contribution in [0.1, 0.15) is 20.8 Å². The van der Waals surface area contributed by atoms with Gasteiger partial charge in [-0.25, -0.2) is 14.8 Å². The topological polar surface area (TPSA) is 103 Å². The van der Waals surface area contributed by atoms with Gasteiger partial charge in [0.1, 0.15) is 34.5 Å². The summed E-state index contributed by atoms with van der Waals surface area (Å²) < 4.78 is 18.8. The largest absolute Gasteiger partial charge is 0.464 e. The molecule has 9 nitrogen and oxygen atoms in total. The highest BCUT2D eigenvalue weighted by molar-refractivity contribution is 6.32. The maximum Gasteiger partial charge on any atom is 0.407 e. The first-order valence-corrected chi connectivity index (χ1v) is 12.1. The molecule has 1 amide bonds. The van der Waals surface area contributed by atoms with Crippen LogP contribution in [0.4, 0.5) is 16.3 Å². The van der Waals surface area contributed by atoms with Gasteiger partial charge in [-0.1, -0.05) is 17.7 Å². The molecule has 0 fully saturated rings. The van der Waals surface area contributed by atoms with Crippen LogP contribution in [-0.2, 0) is 11.3 Å². The number of nitrogens with one attached hydrogen (secondary N) is 2. The third-order valence-corrected chi connectivity index (χ3v) is 5.74. The van der Waals surface area contributed by atoms with Crippen LogP contribution in [0.25, 0.3) is 22.0 Å². The van der Waals surface area contributed by atoms with Gasteiger partial charge in [0.15, 0.2) is 5.82 Å². The van der Waals surface area contributed by atoms with Crippen LogP contribution in [0.5, 0.6) is 11.5 Å². The van der Waals surface area contributed by atoms with Crippen molar-refractivity contribution in [1.82, 2.24) is 19.9 Å². The van der Waals surface area contributed by atoms with E-state index in [9.17, 15) is 4.79 Å². The number of amides is 1. The van der Waals surface area contributed by atoms with E-state index in [0.29, 0.717) is 35.4 Å². The standard InChI is InChI=1S/C27H26ClN5O4/c1-27(2,3)37-26(34)29-11-13-33-12-9-20-24(33)25(31-16-30-20)32-17-7-8-23(19(28)15-17)36-22-6-4-5-21-18(22)10-14-35-21/h4-10,12,14-16H,11,13H2,1-3H3,(H,29,34)(H,30,31,32). The van der Waals surface area contributed by atoms with Crippen LogP contribution < -0.4 is 15.4 Å². The van der Waals surface area contributed by atoms with Crippen molar-refractivity contribution in [2.75, 3.05) is 11.9 Å². The number of aromatic nitrogens is 3. The highest BCUT2D eigenvalue weighted by atomic mass is 35.5. The zero-order valence-electron chi connectivity index (χ0n) is 20.6. The molecule has 0 radical (unpaired) electrons. The Labute approximate surface area is 218 Å². The minimum absolute atomic E-state index is 0.383. The van der Waals surface area contributed by atoms with Crippen LogP contribution in [0.3, 0.4) is 0 Å². The van der Waals surface area contributed by atoms with Crippen LogP contribution in [0, 0.1) is 0 Å². The number of fused-ring (bicyclic) bond motifs is 2. The van der Waals surface area contributed by atoms with E-state index in [1.54, 1.807) is 18.4 Å². The third-order valence-electron chi connectivity index (χ3n) is 5.44. The van der Waals surface area contributed by atoms with E-state index in [1.807, 2.05) is 67.9 Å². The number of nitrogens with zero attached hydrogens (tertiary/aromatic N) is 3. The Morgan fingerprint density at radius 3 is 2.78 bits per heavy atom. The molecule has 3 heterocycles. The van der Waals surface area contributed by atoms with Crippen molar-refractivity contribution in [2.45, 2.75) is 32.9 Å². The van der Waals surface area contributed by atoms with Crippen LogP contribution in [0.2, 0.25) is 5.02 Å². The second-order valence-electron chi connectivity index (χ2n) is 9.35. The maximum atomic E-state index is 12.0. The number of alkyl carbamates (subject to hydrolysis) is 1. The van der Waals surface area contributed by atoms with Gasteiger partial charge in [-0.05, 0) is 63.2 Å². The van der Waals surface area contributed by atoms with Crippen LogP contribution in [0.15, 0.2) is 71.7 Å². The zero-order chi connectivity index (χ0) is 26.0. The third kappa shape index (κ3) is 5.62. The maximum absolute atomic E-state index is 12.0. The smallest absolute Gasteiger partial charge is 0.407 e. The number of carbonyl (C=O) groups is 1. The van der Waals surface area contributed by atoms with E-state index >= 15 is 0 Å². The molecular weight excluding hydrogens is 494 g/mol. The lowest BCUT2D eigenvalue weighted by Gasteiger charge is -2.19. The first-order valence-electron chi connectivity index (χ1n) is 11.7. The number of furan rings is 1. The molecule has 0 aliphatic heterocycles. The molecule has 0 unspecified atom stereocenters. The van der Waals surface area contributed by atoms with E-state index in [-0.39, 0.29) is 0 Å². The van der Waals surface area contributed by atoms with E-state index in [4.69, 9.17) is 25.5 Å². The number of hydrogen-bond acceptors (Lipinski definition) is 7. The molecule has 0 aliphatic rings. The molecule has 3 aromatic heterocycles. The summed E-state index contributed by atoms with van der Waals surface area (Å²) >= 11 is 6.56. The lowest BCUT2D eigenvalue weighted by Crippen LogP contribution is -2.34. The predicted octanol–water partition coefficient (Wildman–Crippen LogP) is 6.89. The first kappa shape index (κ1) is 24.5. The number of anilines is 2. The quantitative estimate of drug-likeness (QED) is 0.241. The molecule has 0 saturated carbocycles. The summed E-state index contributed by atoms with van der Waals surface area (Å²) in [5.74, 6) is 1.79. The Morgan fingerprint density at radius 2 is 1.97 bits per heavy atom. The Hall–Kier alpha value is -4.24. The van der Waals surface area contributed by atoms with Gasteiger partial charge in [-0.15, -0.1) is 0 Å². The molecular formula is C27H26ClN5O4. The van der Waals surface area contributed by atoms with Gasteiger partial charge >= 0.3 is 6.09 Å². The number of benzene rings is 2. The Morgan fingerprint density at radius 1 is 1.11 bits per heavy atom. The summed E-state index contributed by atoms with van der Waals surface area (Å²) in [5.41, 5.74) is 2.50. The molecule has 0 atom stereocenters. The van der Waals surface area contributed by atoms with Gasteiger partial charge in [0.25, 0.3) is 0 Å². The number of rotatable bonds is 7. The molecule has 0 aliphatic carbocycles. The summed E-state index contributed by atoms with van der Waals surface area (Å²) in [7, 11) is 0. The van der Waals surface area contributed by atoms with Crippen molar-refractivity contribution in [2.24, 2.45) is 0 Å². The summed E-state index contributed by atoms with van der Waals surface area (Å²) in [5, 5.41) is 7.40. The van der Waals surface area contributed by atoms with E-state index in [0.717, 1.165) is 27.7 Å². The fraction of sp³-hybridized carbons (Fsp3) is 0.222. The molecule has 2 N–H and O–H groups in total. The molecule has 37 heavy (non-hydrogen) atoms. The van der Waals surface area contributed by atoms with Crippen molar-refractivity contribution in [3.05, 3.63) is 72.3 Å². The average molecular weight is 520 g/mol. The normalized spacial score (nSPS) is 11.6. The van der Waals surface area contributed by atoms with Gasteiger partial charge in [-0.3, -0.25) is 0 Å². The first-order chi connectivity index (χ1) is 17.8. The minimum Gasteiger partial charge on any atom is -0.464 e. The van der Waals surface area contributed by atoms with E-state index in [2.05, 4.69) is 20.6 Å². The monoisotopic (exact) mass is 519 g/mol. The summed E-state index contributed by atoms with van der Waals surface area (Å²) in [6.45, 7) is 6.37. The Kier molecular flexibility index (Phi) is 6.62. The number of ether oxygens (including phenoxy) is 2. The number of halogens is 1. The average Bonchev–Trinajstić information content (AvgIpc) is 3.48. The SMILES string of the molecule is CC(C)(C)OC(=O)NCCn1ccc2ncnc(Nc3ccc(Oc4cccc5occc45)c(Cl)c3)c21.